The molecule has 0 amide bonds. The van der Waals surface area contributed by atoms with E-state index in [2.05, 4.69) is 21.6 Å². The number of ether oxygens (including phenoxy) is 2. The third-order valence-electron chi connectivity index (χ3n) is 5.53. The van der Waals surface area contributed by atoms with Crippen molar-refractivity contribution in [3.63, 3.8) is 0 Å². The minimum Gasteiger partial charge on any atom is -0.490 e. The Labute approximate surface area is 200 Å². The van der Waals surface area contributed by atoms with Gasteiger partial charge in [-0.25, -0.2) is 14.4 Å². The molecule has 8 heteroatoms. The number of benzene rings is 3. The molecule has 0 N–H and O–H groups in total. The van der Waals surface area contributed by atoms with Crippen LogP contribution in [0, 0.1) is 5.82 Å². The highest BCUT2D eigenvalue weighted by Gasteiger charge is 2.30. The van der Waals surface area contributed by atoms with Crippen molar-refractivity contribution in [3.05, 3.63) is 83.9 Å². The van der Waals surface area contributed by atoms with Gasteiger partial charge in [0.1, 0.15) is 11.6 Å². The molecule has 35 heavy (non-hydrogen) atoms. The molecule has 0 fully saturated rings. The van der Waals surface area contributed by atoms with Crippen LogP contribution in [0.3, 0.4) is 0 Å². The highest BCUT2D eigenvalue weighted by Crippen LogP contribution is 2.28. The summed E-state index contributed by atoms with van der Waals surface area (Å²) in [4.78, 5) is 8.72. The summed E-state index contributed by atoms with van der Waals surface area (Å²) in [6.07, 6.45) is 1.43. The molecule has 4 aromatic rings. The number of nitrogens with zero attached hydrogens (tertiary/aromatic N) is 2. The maximum atomic E-state index is 15.2. The molecule has 0 aliphatic rings. The quantitative estimate of drug-likeness (QED) is 0.185. The Morgan fingerprint density at radius 2 is 1.60 bits per heavy atom. The van der Waals surface area contributed by atoms with Gasteiger partial charge in [0, 0.05) is 10.9 Å². The van der Waals surface area contributed by atoms with E-state index >= 15 is 4.39 Å². The molecular weight excluding hydrogens is 460 g/mol. The molecule has 0 radical (unpaired) electrons. The summed E-state index contributed by atoms with van der Waals surface area (Å²) in [5, 5.41) is 1.21. The summed E-state index contributed by atoms with van der Waals surface area (Å²) in [7, 11) is 0. The lowest BCUT2D eigenvalue weighted by molar-refractivity contribution is -0.274. The number of hydrogen-bond acceptors (Lipinski definition) is 4. The molecule has 4 nitrogen and oxygen atoms in total. The molecule has 0 saturated carbocycles. The van der Waals surface area contributed by atoms with E-state index in [1.165, 1.54) is 12.1 Å². The van der Waals surface area contributed by atoms with E-state index in [0.717, 1.165) is 29.4 Å². The van der Waals surface area contributed by atoms with E-state index < -0.39 is 6.36 Å². The lowest BCUT2D eigenvalue weighted by atomic mass is 9.99. The number of aryl methyl sites for hydroxylation is 2. The van der Waals surface area contributed by atoms with Crippen molar-refractivity contribution in [3.8, 4) is 22.9 Å². The second-order valence-electron chi connectivity index (χ2n) is 8.11. The molecule has 1 aromatic heterocycles. The summed E-state index contributed by atoms with van der Waals surface area (Å²) in [6, 6.07) is 14.5. The van der Waals surface area contributed by atoms with Crippen molar-refractivity contribution in [2.24, 2.45) is 0 Å². The van der Waals surface area contributed by atoms with Crippen LogP contribution in [0.15, 0.2) is 67.0 Å². The highest BCUT2D eigenvalue weighted by molar-refractivity contribution is 5.87. The molecule has 0 aliphatic heterocycles. The summed E-state index contributed by atoms with van der Waals surface area (Å²) in [5.41, 5.74) is 2.09. The molecule has 1 heterocycles. The van der Waals surface area contributed by atoms with Gasteiger partial charge in [-0.3, -0.25) is 0 Å². The zero-order valence-corrected chi connectivity index (χ0v) is 19.1. The maximum Gasteiger partial charge on any atom is 0.573 e. The standard InChI is InChI=1S/C27H24F4N2O2/c1-2-3-14-34-23-16-32-26(33-17-23)21-10-13-24-20(15-21)9-8-19(25(24)28)7-4-18-5-11-22(12-6-18)35-27(29,30)31/h5-6,8-13,15-17H,2-4,7,14H2,1H3. The van der Waals surface area contributed by atoms with Crippen LogP contribution in [0.1, 0.15) is 30.9 Å². The zero-order chi connectivity index (χ0) is 24.8. The Morgan fingerprint density at radius 3 is 2.29 bits per heavy atom. The second kappa shape index (κ2) is 10.7. The first-order valence-corrected chi connectivity index (χ1v) is 11.3. The van der Waals surface area contributed by atoms with Gasteiger partial charge in [-0.15, -0.1) is 13.2 Å². The largest absolute Gasteiger partial charge is 0.573 e. The Bertz CT molecular complexity index is 1270. The Morgan fingerprint density at radius 1 is 0.857 bits per heavy atom. The number of rotatable bonds is 9. The normalized spacial score (nSPS) is 11.6. The van der Waals surface area contributed by atoms with Crippen LogP contribution in [-0.2, 0) is 12.8 Å². The Kier molecular flexibility index (Phi) is 7.48. The molecule has 0 saturated heterocycles. The molecular formula is C27H24F4N2O2. The smallest absolute Gasteiger partial charge is 0.490 e. The average Bonchev–Trinajstić information content (AvgIpc) is 2.84. The van der Waals surface area contributed by atoms with Crippen molar-refractivity contribution < 1.29 is 27.0 Å². The van der Waals surface area contributed by atoms with E-state index in [1.54, 1.807) is 42.7 Å². The van der Waals surface area contributed by atoms with Gasteiger partial charge in [0.2, 0.25) is 0 Å². The Balaban J connectivity index is 1.44. The van der Waals surface area contributed by atoms with Crippen LogP contribution in [0.5, 0.6) is 11.5 Å². The van der Waals surface area contributed by atoms with Crippen LogP contribution >= 0.6 is 0 Å². The fourth-order valence-electron chi connectivity index (χ4n) is 3.68. The number of hydrogen-bond donors (Lipinski definition) is 0. The first-order chi connectivity index (χ1) is 16.8. The van der Waals surface area contributed by atoms with Crippen molar-refractivity contribution in [1.29, 1.82) is 0 Å². The van der Waals surface area contributed by atoms with Crippen LogP contribution < -0.4 is 9.47 Å². The van der Waals surface area contributed by atoms with Gasteiger partial charge in [0.15, 0.2) is 11.6 Å². The third-order valence-corrected chi connectivity index (χ3v) is 5.53. The minimum atomic E-state index is -4.73. The number of unbranched alkanes of at least 4 members (excludes halogenated alkanes) is 1. The monoisotopic (exact) mass is 484 g/mol. The van der Waals surface area contributed by atoms with Gasteiger partial charge < -0.3 is 9.47 Å². The van der Waals surface area contributed by atoms with Gasteiger partial charge in [-0.1, -0.05) is 49.7 Å². The maximum absolute atomic E-state index is 15.2. The Hall–Kier alpha value is -3.68. The minimum absolute atomic E-state index is 0.281. The van der Waals surface area contributed by atoms with E-state index in [4.69, 9.17) is 4.74 Å². The first kappa shape index (κ1) is 24.4. The molecule has 0 bridgehead atoms. The van der Waals surface area contributed by atoms with Gasteiger partial charge in [0.25, 0.3) is 0 Å². The van der Waals surface area contributed by atoms with Crippen molar-refractivity contribution in [2.45, 2.75) is 39.0 Å². The average molecular weight is 484 g/mol. The SMILES string of the molecule is CCCCOc1cnc(-c2ccc3c(F)c(CCc4ccc(OC(F)(F)F)cc4)ccc3c2)nc1. The van der Waals surface area contributed by atoms with E-state index in [9.17, 15) is 13.2 Å². The van der Waals surface area contributed by atoms with E-state index in [-0.39, 0.29) is 11.6 Å². The molecule has 0 atom stereocenters. The van der Waals surface area contributed by atoms with Crippen molar-refractivity contribution >= 4 is 10.8 Å². The fraction of sp³-hybridized carbons (Fsp3) is 0.259. The summed E-state index contributed by atoms with van der Waals surface area (Å²) in [5.74, 6) is 0.543. The predicted molar refractivity (Wildman–Crippen MR) is 126 cm³/mol. The zero-order valence-electron chi connectivity index (χ0n) is 19.1. The van der Waals surface area contributed by atoms with Crippen LogP contribution in [0.25, 0.3) is 22.2 Å². The van der Waals surface area contributed by atoms with Gasteiger partial charge in [-0.05, 0) is 54.0 Å². The lowest BCUT2D eigenvalue weighted by Gasteiger charge is -2.10. The third kappa shape index (κ3) is 6.47. The van der Waals surface area contributed by atoms with E-state index in [0.29, 0.717) is 42.0 Å². The second-order valence-corrected chi connectivity index (χ2v) is 8.11. The molecule has 0 unspecified atom stereocenters. The number of halogens is 4. The number of fused-ring (bicyclic) bond motifs is 1. The molecule has 182 valence electrons. The van der Waals surface area contributed by atoms with E-state index in [1.807, 2.05) is 12.1 Å². The van der Waals surface area contributed by atoms with Crippen LogP contribution in [-0.4, -0.2) is 22.9 Å². The van der Waals surface area contributed by atoms with Crippen molar-refractivity contribution in [1.82, 2.24) is 9.97 Å². The van der Waals surface area contributed by atoms with Crippen LogP contribution in [0.2, 0.25) is 0 Å². The first-order valence-electron chi connectivity index (χ1n) is 11.3. The summed E-state index contributed by atoms with van der Waals surface area (Å²) >= 11 is 0. The molecule has 3 aromatic carbocycles. The van der Waals surface area contributed by atoms with Crippen molar-refractivity contribution in [2.75, 3.05) is 6.61 Å². The predicted octanol–water partition coefficient (Wildman–Crippen LogP) is 7.30. The molecule has 0 aliphatic carbocycles. The fourth-order valence-corrected chi connectivity index (χ4v) is 3.68. The number of aromatic nitrogens is 2. The molecule has 4 rings (SSSR count). The topological polar surface area (TPSA) is 44.2 Å². The lowest BCUT2D eigenvalue weighted by Crippen LogP contribution is -2.17. The van der Waals surface area contributed by atoms with Gasteiger partial charge in [0.05, 0.1) is 19.0 Å². The summed E-state index contributed by atoms with van der Waals surface area (Å²) < 4.78 is 61.5. The van der Waals surface area contributed by atoms with Gasteiger partial charge in [-0.2, -0.15) is 0 Å². The summed E-state index contributed by atoms with van der Waals surface area (Å²) in [6.45, 7) is 2.71. The van der Waals surface area contributed by atoms with Crippen LogP contribution in [0.4, 0.5) is 17.6 Å². The number of alkyl halides is 3. The highest BCUT2D eigenvalue weighted by atomic mass is 19.4. The molecule has 0 spiro atoms. The van der Waals surface area contributed by atoms with Gasteiger partial charge >= 0.3 is 6.36 Å².